The lowest BCUT2D eigenvalue weighted by Crippen LogP contribution is -2.40. The van der Waals surface area contributed by atoms with Gasteiger partial charge in [-0.15, -0.1) is 0 Å². The summed E-state index contributed by atoms with van der Waals surface area (Å²) in [4.78, 5) is 24.1. The highest BCUT2D eigenvalue weighted by Crippen LogP contribution is 2.26. The minimum atomic E-state index is -4.52. The summed E-state index contributed by atoms with van der Waals surface area (Å²) in [6.07, 6.45) is -4.09. The van der Waals surface area contributed by atoms with Crippen molar-refractivity contribution in [1.29, 1.82) is 5.41 Å². The molecule has 2 amide bonds. The number of hydrogen-bond acceptors (Lipinski definition) is 5. The van der Waals surface area contributed by atoms with Crippen molar-refractivity contribution in [2.24, 2.45) is 0 Å². The molecular weight excluding hydrogens is 411 g/mol. The Morgan fingerprint density at radius 1 is 1.26 bits per heavy atom. The molecule has 2 aromatic rings. The summed E-state index contributed by atoms with van der Waals surface area (Å²) in [5.41, 5.74) is 10.4. The van der Waals surface area contributed by atoms with Crippen LogP contribution >= 0.6 is 0 Å². The maximum absolute atomic E-state index is 12.2. The Labute approximate surface area is 177 Å². The van der Waals surface area contributed by atoms with E-state index in [2.05, 4.69) is 5.32 Å². The number of anilines is 3. The molecule has 5 N–H and O–H groups in total. The molecule has 0 saturated heterocycles. The predicted molar refractivity (Wildman–Crippen MR) is 113 cm³/mol. The lowest BCUT2D eigenvalue weighted by molar-refractivity contribution is -0.140. The number of alkyl halides is 3. The van der Waals surface area contributed by atoms with Gasteiger partial charge in [0.1, 0.15) is 6.54 Å². The van der Waals surface area contributed by atoms with Gasteiger partial charge in [0.25, 0.3) is 0 Å². The fourth-order valence-electron chi connectivity index (χ4n) is 2.92. The van der Waals surface area contributed by atoms with Crippen molar-refractivity contribution < 1.29 is 22.8 Å². The Morgan fingerprint density at radius 3 is 2.55 bits per heavy atom. The average Bonchev–Trinajstić information content (AvgIpc) is 2.68. The summed E-state index contributed by atoms with van der Waals surface area (Å²) in [5.74, 6) is -0.895. The molecule has 0 bridgehead atoms. The summed E-state index contributed by atoms with van der Waals surface area (Å²) in [7, 11) is 0. The highest BCUT2D eigenvalue weighted by Gasteiger charge is 2.28. The SMILES string of the molecule is CC(=N)c1ccc(Nc2cccc(CN(C=O)CC(=O)NCC(F)(F)F)c2C)cc1N. The lowest BCUT2D eigenvalue weighted by atomic mass is 10.0. The molecule has 0 radical (unpaired) electrons. The van der Waals surface area contributed by atoms with Crippen LogP contribution in [0.15, 0.2) is 36.4 Å². The van der Waals surface area contributed by atoms with Crippen LogP contribution in [0.2, 0.25) is 0 Å². The van der Waals surface area contributed by atoms with E-state index in [1.807, 2.05) is 13.0 Å². The zero-order valence-electron chi connectivity index (χ0n) is 17.1. The van der Waals surface area contributed by atoms with Crippen LogP contribution in [0.5, 0.6) is 0 Å². The summed E-state index contributed by atoms with van der Waals surface area (Å²) < 4.78 is 36.7. The van der Waals surface area contributed by atoms with Gasteiger partial charge in [0.15, 0.2) is 0 Å². The van der Waals surface area contributed by atoms with E-state index in [1.54, 1.807) is 42.6 Å². The van der Waals surface area contributed by atoms with Gasteiger partial charge >= 0.3 is 6.18 Å². The quantitative estimate of drug-likeness (QED) is 0.275. The third-order valence-corrected chi connectivity index (χ3v) is 4.54. The standard InChI is InChI=1S/C21H24F3N5O2/c1-13-15(9-29(12-30)10-20(31)27-11-21(22,23)24)4-3-5-19(13)28-16-6-7-17(14(2)25)18(26)8-16/h3-8,12,25,28H,9-11,26H2,1-2H3,(H,27,31). The first-order valence-electron chi connectivity index (χ1n) is 9.33. The minimum absolute atomic E-state index is 0.0539. The number of nitrogen functional groups attached to an aromatic ring is 1. The van der Waals surface area contributed by atoms with Crippen LogP contribution in [0.3, 0.4) is 0 Å². The van der Waals surface area contributed by atoms with Gasteiger partial charge in [-0.2, -0.15) is 13.2 Å². The van der Waals surface area contributed by atoms with Crippen molar-refractivity contribution in [2.45, 2.75) is 26.6 Å². The summed E-state index contributed by atoms with van der Waals surface area (Å²) >= 11 is 0. The maximum atomic E-state index is 12.2. The fraction of sp³-hybridized carbons (Fsp3) is 0.286. The number of nitrogens with one attached hydrogen (secondary N) is 3. The smallest absolute Gasteiger partial charge is 0.398 e. The van der Waals surface area contributed by atoms with Crippen molar-refractivity contribution in [3.05, 3.63) is 53.1 Å². The predicted octanol–water partition coefficient (Wildman–Crippen LogP) is 3.35. The number of rotatable bonds is 9. The van der Waals surface area contributed by atoms with Crippen molar-refractivity contribution in [3.8, 4) is 0 Å². The Bertz CT molecular complexity index is 976. The number of nitrogens with zero attached hydrogens (tertiary/aromatic N) is 1. The van der Waals surface area contributed by atoms with Crippen LogP contribution in [-0.4, -0.2) is 42.2 Å². The zero-order chi connectivity index (χ0) is 23.2. The number of benzene rings is 2. The molecule has 166 valence electrons. The number of nitrogens with two attached hydrogens (primary N) is 1. The number of hydrogen-bond donors (Lipinski definition) is 4. The van der Waals surface area contributed by atoms with Gasteiger partial charge in [0.2, 0.25) is 12.3 Å². The summed E-state index contributed by atoms with van der Waals surface area (Å²) in [5, 5.41) is 12.7. The van der Waals surface area contributed by atoms with E-state index in [9.17, 15) is 22.8 Å². The number of amides is 2. The van der Waals surface area contributed by atoms with Crippen LogP contribution in [0, 0.1) is 12.3 Å². The normalized spacial score (nSPS) is 11.0. The molecule has 0 fully saturated rings. The monoisotopic (exact) mass is 435 g/mol. The van der Waals surface area contributed by atoms with Crippen molar-refractivity contribution in [1.82, 2.24) is 10.2 Å². The molecule has 0 heterocycles. The van der Waals surface area contributed by atoms with Crippen molar-refractivity contribution >= 4 is 35.1 Å². The lowest BCUT2D eigenvalue weighted by Gasteiger charge is -2.20. The highest BCUT2D eigenvalue weighted by atomic mass is 19.4. The van der Waals surface area contributed by atoms with Gasteiger partial charge in [-0.25, -0.2) is 0 Å². The Kier molecular flexibility index (Phi) is 7.62. The highest BCUT2D eigenvalue weighted by molar-refractivity contribution is 6.01. The number of carbonyl (C=O) groups excluding carboxylic acids is 2. The molecule has 0 saturated carbocycles. The molecule has 2 aromatic carbocycles. The molecule has 0 unspecified atom stereocenters. The van der Waals surface area contributed by atoms with E-state index in [4.69, 9.17) is 11.1 Å². The topological polar surface area (TPSA) is 111 Å². The third kappa shape index (κ3) is 7.02. The van der Waals surface area contributed by atoms with Gasteiger partial charge < -0.3 is 26.7 Å². The first kappa shape index (κ1) is 23.7. The molecule has 0 atom stereocenters. The number of halogens is 3. The molecule has 0 aliphatic heterocycles. The summed E-state index contributed by atoms with van der Waals surface area (Å²) in [6, 6.07) is 10.6. The van der Waals surface area contributed by atoms with Gasteiger partial charge in [-0.3, -0.25) is 9.59 Å². The molecular formula is C21H24F3N5O2. The van der Waals surface area contributed by atoms with Crippen molar-refractivity contribution in [3.63, 3.8) is 0 Å². The van der Waals surface area contributed by atoms with Crippen LogP contribution in [0.1, 0.15) is 23.6 Å². The molecule has 0 aliphatic rings. The van der Waals surface area contributed by atoms with Crippen LogP contribution in [0.4, 0.5) is 30.2 Å². The Morgan fingerprint density at radius 2 is 1.97 bits per heavy atom. The second kappa shape index (κ2) is 9.96. The number of carbonyl (C=O) groups is 2. The Hall–Kier alpha value is -3.56. The molecule has 2 rings (SSSR count). The Balaban J connectivity index is 2.10. The van der Waals surface area contributed by atoms with E-state index in [0.717, 1.165) is 21.7 Å². The van der Waals surface area contributed by atoms with Crippen molar-refractivity contribution in [2.75, 3.05) is 24.1 Å². The van der Waals surface area contributed by atoms with E-state index in [0.29, 0.717) is 29.1 Å². The van der Waals surface area contributed by atoms with Gasteiger partial charge in [0.05, 0.1) is 6.54 Å². The van der Waals surface area contributed by atoms with Gasteiger partial charge in [0, 0.05) is 34.9 Å². The van der Waals surface area contributed by atoms with Crippen LogP contribution < -0.4 is 16.4 Å². The summed E-state index contributed by atoms with van der Waals surface area (Å²) in [6.45, 7) is 1.59. The second-order valence-corrected chi connectivity index (χ2v) is 7.04. The van der Waals surface area contributed by atoms with E-state index < -0.39 is 25.2 Å². The van der Waals surface area contributed by atoms with Gasteiger partial charge in [-0.1, -0.05) is 12.1 Å². The van der Waals surface area contributed by atoms with Crippen LogP contribution in [-0.2, 0) is 16.1 Å². The molecule has 0 aromatic heterocycles. The zero-order valence-corrected chi connectivity index (χ0v) is 17.1. The molecule has 0 spiro atoms. The van der Waals surface area contributed by atoms with E-state index >= 15 is 0 Å². The molecule has 0 aliphatic carbocycles. The van der Waals surface area contributed by atoms with Crippen LogP contribution in [0.25, 0.3) is 0 Å². The van der Waals surface area contributed by atoms with E-state index in [-0.39, 0.29) is 6.54 Å². The van der Waals surface area contributed by atoms with Gasteiger partial charge in [-0.05, 0) is 49.2 Å². The molecule has 7 nitrogen and oxygen atoms in total. The fourth-order valence-corrected chi connectivity index (χ4v) is 2.92. The third-order valence-electron chi connectivity index (χ3n) is 4.54. The second-order valence-electron chi connectivity index (χ2n) is 7.04. The van der Waals surface area contributed by atoms with E-state index in [1.165, 1.54) is 0 Å². The first-order chi connectivity index (χ1) is 14.5. The largest absolute Gasteiger partial charge is 0.405 e. The first-order valence-corrected chi connectivity index (χ1v) is 9.33. The minimum Gasteiger partial charge on any atom is -0.398 e. The molecule has 10 heteroatoms. The molecule has 31 heavy (non-hydrogen) atoms. The maximum Gasteiger partial charge on any atom is 0.405 e. The average molecular weight is 435 g/mol.